The Morgan fingerprint density at radius 3 is 2.58 bits per heavy atom. The maximum absolute atomic E-state index is 2.64. The van der Waals surface area contributed by atoms with Gasteiger partial charge < -0.3 is 0 Å². The molecule has 0 aliphatic carbocycles. The average Bonchev–Trinajstić information content (AvgIpc) is 2.69. The van der Waals surface area contributed by atoms with E-state index in [4.69, 9.17) is 0 Å². The van der Waals surface area contributed by atoms with Crippen molar-refractivity contribution in [3.05, 3.63) is 48.0 Å². The van der Waals surface area contributed by atoms with Crippen molar-refractivity contribution in [1.29, 1.82) is 0 Å². The summed E-state index contributed by atoms with van der Waals surface area (Å²) < 4.78 is 0. The van der Waals surface area contributed by atoms with E-state index in [-0.39, 0.29) is 0 Å². The molecule has 2 aliphatic heterocycles. The average molecular weight is 251 g/mol. The molecule has 19 heavy (non-hydrogen) atoms. The third kappa shape index (κ3) is 1.80. The van der Waals surface area contributed by atoms with Gasteiger partial charge in [0.25, 0.3) is 0 Å². The molecule has 1 heteroatoms. The minimum absolute atomic E-state index is 0.744. The Bertz CT molecular complexity index is 603. The molecule has 2 bridgehead atoms. The first kappa shape index (κ1) is 11.5. The van der Waals surface area contributed by atoms with E-state index in [1.54, 1.807) is 5.56 Å². The van der Waals surface area contributed by atoms with Crippen LogP contribution in [-0.4, -0.2) is 24.0 Å². The van der Waals surface area contributed by atoms with Crippen molar-refractivity contribution >= 4 is 10.8 Å². The number of nitrogens with zero attached hydrogens (tertiary/aromatic N) is 1. The van der Waals surface area contributed by atoms with Crippen LogP contribution < -0.4 is 0 Å². The third-order valence-corrected chi connectivity index (χ3v) is 5.37. The van der Waals surface area contributed by atoms with Crippen LogP contribution in [0.3, 0.4) is 0 Å². The molecule has 2 fully saturated rings. The van der Waals surface area contributed by atoms with Gasteiger partial charge in [0, 0.05) is 12.1 Å². The molecule has 0 amide bonds. The molecular formula is C18H21N. The van der Waals surface area contributed by atoms with Gasteiger partial charge in [0.1, 0.15) is 0 Å². The van der Waals surface area contributed by atoms with Crippen molar-refractivity contribution in [2.24, 2.45) is 0 Å². The van der Waals surface area contributed by atoms with Crippen molar-refractivity contribution in [3.8, 4) is 0 Å². The van der Waals surface area contributed by atoms with Gasteiger partial charge in [-0.25, -0.2) is 0 Å². The van der Waals surface area contributed by atoms with Gasteiger partial charge in [-0.15, -0.1) is 0 Å². The number of rotatable bonds is 1. The molecule has 0 spiro atoms. The van der Waals surface area contributed by atoms with Crippen LogP contribution >= 0.6 is 0 Å². The lowest BCUT2D eigenvalue weighted by Crippen LogP contribution is -2.40. The van der Waals surface area contributed by atoms with Crippen molar-refractivity contribution in [3.63, 3.8) is 0 Å². The zero-order valence-electron chi connectivity index (χ0n) is 11.5. The van der Waals surface area contributed by atoms with Crippen LogP contribution in [0.5, 0.6) is 0 Å². The van der Waals surface area contributed by atoms with Crippen LogP contribution in [-0.2, 0) is 0 Å². The van der Waals surface area contributed by atoms with Crippen molar-refractivity contribution < 1.29 is 0 Å². The summed E-state index contributed by atoms with van der Waals surface area (Å²) in [7, 11) is 2.33. The Kier molecular flexibility index (Phi) is 2.63. The van der Waals surface area contributed by atoms with Gasteiger partial charge in [-0.1, -0.05) is 42.5 Å². The highest BCUT2D eigenvalue weighted by atomic mass is 15.2. The van der Waals surface area contributed by atoms with Gasteiger partial charge in [-0.05, 0) is 55.0 Å². The van der Waals surface area contributed by atoms with Crippen LogP contribution in [0.25, 0.3) is 10.8 Å². The van der Waals surface area contributed by atoms with Crippen LogP contribution in [0.15, 0.2) is 42.5 Å². The number of fused-ring (bicyclic) bond motifs is 3. The first-order valence-corrected chi connectivity index (χ1v) is 7.53. The second kappa shape index (κ2) is 4.35. The fourth-order valence-corrected chi connectivity index (χ4v) is 4.27. The maximum Gasteiger partial charge on any atom is 0.0164 e. The van der Waals surface area contributed by atoms with Crippen LogP contribution in [0.4, 0.5) is 0 Å². The van der Waals surface area contributed by atoms with E-state index in [0.29, 0.717) is 0 Å². The van der Waals surface area contributed by atoms with E-state index in [9.17, 15) is 0 Å². The first-order valence-electron chi connectivity index (χ1n) is 7.53. The smallest absolute Gasteiger partial charge is 0.0164 e. The quantitative estimate of drug-likeness (QED) is 0.735. The van der Waals surface area contributed by atoms with Gasteiger partial charge in [0.2, 0.25) is 0 Å². The lowest BCUT2D eigenvalue weighted by atomic mass is 9.84. The summed E-state index contributed by atoms with van der Waals surface area (Å²) in [5, 5.41) is 2.75. The summed E-state index contributed by atoms with van der Waals surface area (Å²) in [5.41, 5.74) is 1.55. The van der Waals surface area contributed by atoms with Crippen LogP contribution in [0.2, 0.25) is 0 Å². The highest BCUT2D eigenvalue weighted by molar-refractivity contribution is 5.83. The molecule has 2 aliphatic rings. The summed E-state index contributed by atoms with van der Waals surface area (Å²) in [6, 6.07) is 17.4. The molecule has 3 atom stereocenters. The Balaban J connectivity index is 1.73. The maximum atomic E-state index is 2.64. The van der Waals surface area contributed by atoms with Gasteiger partial charge in [-0.2, -0.15) is 0 Å². The molecule has 0 aromatic heterocycles. The largest absolute Gasteiger partial charge is 0.300 e. The zero-order chi connectivity index (χ0) is 12.8. The minimum Gasteiger partial charge on any atom is -0.300 e. The Labute approximate surface area is 115 Å². The van der Waals surface area contributed by atoms with Gasteiger partial charge in [0.15, 0.2) is 0 Å². The second-order valence-corrected chi connectivity index (χ2v) is 6.25. The molecule has 2 saturated heterocycles. The molecule has 3 unspecified atom stereocenters. The Hall–Kier alpha value is -1.34. The van der Waals surface area contributed by atoms with E-state index in [2.05, 4.69) is 54.4 Å². The van der Waals surface area contributed by atoms with E-state index >= 15 is 0 Å². The van der Waals surface area contributed by atoms with Crippen molar-refractivity contribution in [1.82, 2.24) is 4.90 Å². The molecular weight excluding hydrogens is 230 g/mol. The van der Waals surface area contributed by atoms with Crippen LogP contribution in [0, 0.1) is 0 Å². The Morgan fingerprint density at radius 2 is 1.68 bits per heavy atom. The Morgan fingerprint density at radius 1 is 0.895 bits per heavy atom. The molecule has 0 radical (unpaired) electrons. The number of benzene rings is 2. The summed E-state index contributed by atoms with van der Waals surface area (Å²) in [6.45, 7) is 0. The molecule has 2 aromatic carbocycles. The number of hydrogen-bond donors (Lipinski definition) is 0. The van der Waals surface area contributed by atoms with Crippen molar-refractivity contribution in [2.75, 3.05) is 7.05 Å². The fraction of sp³-hybridized carbons (Fsp3) is 0.444. The third-order valence-electron chi connectivity index (χ3n) is 5.37. The molecule has 0 N–H and O–H groups in total. The topological polar surface area (TPSA) is 3.24 Å². The summed E-state index contributed by atoms with van der Waals surface area (Å²) in [5.74, 6) is 0.744. The number of hydrogen-bond acceptors (Lipinski definition) is 1. The van der Waals surface area contributed by atoms with Gasteiger partial charge >= 0.3 is 0 Å². The molecule has 1 nitrogen and oxygen atoms in total. The number of piperidine rings is 1. The van der Waals surface area contributed by atoms with E-state index in [1.807, 2.05) is 0 Å². The van der Waals surface area contributed by atoms with E-state index in [0.717, 1.165) is 18.0 Å². The van der Waals surface area contributed by atoms with Crippen molar-refractivity contribution in [2.45, 2.75) is 43.7 Å². The predicted molar refractivity (Wildman–Crippen MR) is 80.5 cm³/mol. The van der Waals surface area contributed by atoms with Crippen LogP contribution in [0.1, 0.15) is 37.2 Å². The number of likely N-dealkylation sites (N-methyl/N-ethyl adjacent to an activating group) is 1. The summed E-state index contributed by atoms with van der Waals surface area (Å²) in [4.78, 5) is 2.64. The highest BCUT2D eigenvalue weighted by Crippen LogP contribution is 2.43. The molecule has 4 rings (SSSR count). The second-order valence-electron chi connectivity index (χ2n) is 6.25. The summed E-state index contributed by atoms with van der Waals surface area (Å²) >= 11 is 0. The minimum atomic E-state index is 0.744. The summed E-state index contributed by atoms with van der Waals surface area (Å²) in [6.07, 6.45) is 5.55. The lowest BCUT2D eigenvalue weighted by molar-refractivity contribution is 0.156. The zero-order valence-corrected chi connectivity index (χ0v) is 11.5. The normalized spacial score (nSPS) is 30.9. The SMILES string of the molecule is CN1C2CCC(c3ccc4ccccc4c3)C1CC2. The molecule has 98 valence electrons. The van der Waals surface area contributed by atoms with Gasteiger partial charge in [0.05, 0.1) is 0 Å². The van der Waals surface area contributed by atoms with E-state index < -0.39 is 0 Å². The predicted octanol–water partition coefficient (Wildman–Crippen LogP) is 4.18. The lowest BCUT2D eigenvalue weighted by Gasteiger charge is -2.38. The molecule has 0 saturated carbocycles. The first-order chi connectivity index (χ1) is 9.33. The standard InChI is InChI=1S/C18H21N/c1-19-16-8-10-17(18(19)11-9-16)15-7-6-13-4-2-3-5-14(13)12-15/h2-7,12,16-18H,8-11H2,1H3. The fourth-order valence-electron chi connectivity index (χ4n) is 4.27. The monoisotopic (exact) mass is 251 g/mol. The molecule has 2 heterocycles. The van der Waals surface area contributed by atoms with E-state index in [1.165, 1.54) is 36.5 Å². The molecule has 2 aromatic rings. The highest BCUT2D eigenvalue weighted by Gasteiger charge is 2.40. The van der Waals surface area contributed by atoms with Gasteiger partial charge in [-0.3, -0.25) is 4.90 Å².